The Hall–Kier alpha value is -3.26. The van der Waals surface area contributed by atoms with Crippen LogP contribution in [0.4, 0.5) is 0 Å². The van der Waals surface area contributed by atoms with E-state index in [2.05, 4.69) is 15.3 Å². The maximum atomic E-state index is 11.2. The molecule has 1 aromatic carbocycles. The maximum absolute atomic E-state index is 11.2. The molecule has 0 aliphatic heterocycles. The number of nitrogens with two attached hydrogens (primary N) is 1. The smallest absolute Gasteiger partial charge is 0.339 e. The Bertz CT molecular complexity index is 861. The molecule has 8 nitrogen and oxygen atoms in total. The average Bonchev–Trinajstić information content (AvgIpc) is 2.99. The fourth-order valence-corrected chi connectivity index (χ4v) is 2.25. The first-order chi connectivity index (χ1) is 11.1. The summed E-state index contributed by atoms with van der Waals surface area (Å²) >= 11 is 0. The van der Waals surface area contributed by atoms with E-state index in [1.807, 2.05) is 6.07 Å². The molecule has 0 saturated heterocycles. The van der Waals surface area contributed by atoms with E-state index in [0.29, 0.717) is 17.1 Å². The molecule has 0 aliphatic rings. The van der Waals surface area contributed by atoms with Crippen molar-refractivity contribution in [3.8, 4) is 22.7 Å². The Labute approximate surface area is 130 Å². The zero-order valence-electron chi connectivity index (χ0n) is 11.9. The number of aromatic hydroxyl groups is 1. The largest absolute Gasteiger partial charge is 0.507 e. The third kappa shape index (κ3) is 2.62. The molecule has 0 bridgehead atoms. The van der Waals surface area contributed by atoms with Crippen LogP contribution in [0.5, 0.6) is 5.75 Å². The van der Waals surface area contributed by atoms with Gasteiger partial charge in [0.05, 0.1) is 5.69 Å². The molecule has 4 N–H and O–H groups in total. The molecule has 0 fully saturated rings. The van der Waals surface area contributed by atoms with Gasteiger partial charge in [0.1, 0.15) is 22.7 Å². The Balaban J connectivity index is 2.20. The average molecular weight is 311 g/mol. The number of benzene rings is 1. The van der Waals surface area contributed by atoms with Crippen molar-refractivity contribution in [1.82, 2.24) is 20.0 Å². The Kier molecular flexibility index (Phi) is 3.73. The van der Waals surface area contributed by atoms with Gasteiger partial charge in [-0.2, -0.15) is 0 Å². The monoisotopic (exact) mass is 311 g/mol. The number of aromatic carboxylic acids is 1. The molecule has 3 aromatic rings. The normalized spacial score (nSPS) is 10.7. The van der Waals surface area contributed by atoms with Crippen molar-refractivity contribution in [3.05, 3.63) is 54.0 Å². The van der Waals surface area contributed by atoms with Crippen LogP contribution >= 0.6 is 0 Å². The molecule has 3 rings (SSSR count). The van der Waals surface area contributed by atoms with Gasteiger partial charge in [-0.25, -0.2) is 9.48 Å². The van der Waals surface area contributed by atoms with E-state index < -0.39 is 5.97 Å². The summed E-state index contributed by atoms with van der Waals surface area (Å²) in [5.41, 5.74) is 7.88. The number of carboxylic acids is 1. The second-order valence-corrected chi connectivity index (χ2v) is 4.75. The summed E-state index contributed by atoms with van der Waals surface area (Å²) < 4.78 is 1.48. The first kappa shape index (κ1) is 14.7. The zero-order valence-corrected chi connectivity index (χ0v) is 11.9. The number of hydrogen-bond acceptors (Lipinski definition) is 6. The number of pyridine rings is 1. The summed E-state index contributed by atoms with van der Waals surface area (Å²) in [4.78, 5) is 15.3. The van der Waals surface area contributed by atoms with Gasteiger partial charge >= 0.3 is 5.97 Å². The van der Waals surface area contributed by atoms with E-state index in [9.17, 15) is 9.90 Å². The molecule has 2 heterocycles. The van der Waals surface area contributed by atoms with Gasteiger partial charge in [-0.05, 0) is 30.3 Å². The number of hydrogen-bond donors (Lipinski definition) is 3. The lowest BCUT2D eigenvalue weighted by Gasteiger charge is -2.09. The van der Waals surface area contributed by atoms with Crippen molar-refractivity contribution in [3.63, 3.8) is 0 Å². The maximum Gasteiger partial charge on any atom is 0.339 e. The molecule has 0 radical (unpaired) electrons. The highest BCUT2D eigenvalue weighted by molar-refractivity contribution is 5.91. The molecule has 0 aliphatic carbocycles. The van der Waals surface area contributed by atoms with Gasteiger partial charge in [-0.15, -0.1) is 5.10 Å². The topological polar surface area (TPSA) is 127 Å². The third-order valence-electron chi connectivity index (χ3n) is 3.32. The van der Waals surface area contributed by atoms with Crippen molar-refractivity contribution >= 4 is 5.97 Å². The van der Waals surface area contributed by atoms with Gasteiger partial charge in [0.25, 0.3) is 0 Å². The predicted molar refractivity (Wildman–Crippen MR) is 81.1 cm³/mol. The molecule has 8 heteroatoms. The van der Waals surface area contributed by atoms with Gasteiger partial charge in [-0.1, -0.05) is 5.21 Å². The number of rotatable bonds is 4. The SMILES string of the molecule is NCc1nnn(-c2ccc(O)c(C(=O)O)c2)c1-c1cccnc1. The standard InChI is InChI=1S/C15H13N5O3/c16-7-12-14(9-2-1-5-17-8-9)20(19-18-12)10-3-4-13(21)11(6-10)15(22)23/h1-6,8,21H,7,16H2,(H,22,23). The van der Waals surface area contributed by atoms with Crippen LogP contribution in [0.25, 0.3) is 16.9 Å². The molecule has 0 spiro atoms. The molecule has 2 aromatic heterocycles. The molecule has 116 valence electrons. The molecule has 0 unspecified atom stereocenters. The first-order valence-electron chi connectivity index (χ1n) is 6.73. The minimum atomic E-state index is -1.23. The van der Waals surface area contributed by atoms with Crippen molar-refractivity contribution in [2.24, 2.45) is 5.73 Å². The lowest BCUT2D eigenvalue weighted by molar-refractivity contribution is 0.0693. The summed E-state index contributed by atoms with van der Waals surface area (Å²) in [5.74, 6) is -1.55. The molecule has 0 atom stereocenters. The molecule has 0 saturated carbocycles. The van der Waals surface area contributed by atoms with E-state index in [1.165, 1.54) is 16.8 Å². The van der Waals surface area contributed by atoms with Gasteiger partial charge in [0.15, 0.2) is 0 Å². The Morgan fingerprint density at radius 1 is 1.30 bits per heavy atom. The zero-order chi connectivity index (χ0) is 16.4. The van der Waals surface area contributed by atoms with Crippen molar-refractivity contribution < 1.29 is 15.0 Å². The van der Waals surface area contributed by atoms with Crippen molar-refractivity contribution in [1.29, 1.82) is 0 Å². The van der Waals surface area contributed by atoms with E-state index in [1.54, 1.807) is 24.5 Å². The minimum Gasteiger partial charge on any atom is -0.507 e. The minimum absolute atomic E-state index is 0.175. The van der Waals surface area contributed by atoms with Gasteiger partial charge in [0, 0.05) is 24.5 Å². The highest BCUT2D eigenvalue weighted by atomic mass is 16.4. The van der Waals surface area contributed by atoms with Crippen molar-refractivity contribution in [2.45, 2.75) is 6.54 Å². The predicted octanol–water partition coefficient (Wildman–Crippen LogP) is 1.19. The fourth-order valence-electron chi connectivity index (χ4n) is 2.25. The first-order valence-corrected chi connectivity index (χ1v) is 6.73. The van der Waals surface area contributed by atoms with Crippen molar-refractivity contribution in [2.75, 3.05) is 0 Å². The third-order valence-corrected chi connectivity index (χ3v) is 3.32. The lowest BCUT2D eigenvalue weighted by atomic mass is 10.1. The van der Waals surface area contributed by atoms with Gasteiger partial charge in [0.2, 0.25) is 0 Å². The summed E-state index contributed by atoms with van der Waals surface area (Å²) in [5, 5.41) is 26.9. The van der Waals surface area contributed by atoms with Crippen LogP contribution in [-0.2, 0) is 6.54 Å². The number of aromatic nitrogens is 4. The molecule has 23 heavy (non-hydrogen) atoms. The van der Waals surface area contributed by atoms with Crippen LogP contribution in [0.3, 0.4) is 0 Å². The molecule has 0 amide bonds. The highest BCUT2D eigenvalue weighted by Gasteiger charge is 2.18. The lowest BCUT2D eigenvalue weighted by Crippen LogP contribution is -2.05. The fraction of sp³-hybridized carbons (Fsp3) is 0.0667. The van der Waals surface area contributed by atoms with Crippen LogP contribution in [0.2, 0.25) is 0 Å². The van der Waals surface area contributed by atoms with E-state index in [0.717, 1.165) is 5.56 Å². The van der Waals surface area contributed by atoms with Crippen LogP contribution in [0, 0.1) is 0 Å². The van der Waals surface area contributed by atoms with Crippen LogP contribution < -0.4 is 5.73 Å². The quantitative estimate of drug-likeness (QED) is 0.660. The highest BCUT2D eigenvalue weighted by Crippen LogP contribution is 2.27. The number of phenols is 1. The number of carbonyl (C=O) groups is 1. The summed E-state index contributed by atoms with van der Waals surface area (Å²) in [6.45, 7) is 0.175. The second kappa shape index (κ2) is 5.85. The number of carboxylic acid groups (broad SMARTS) is 1. The van der Waals surface area contributed by atoms with E-state index in [-0.39, 0.29) is 17.9 Å². The van der Waals surface area contributed by atoms with Crippen LogP contribution in [-0.4, -0.2) is 36.2 Å². The number of nitrogens with zero attached hydrogens (tertiary/aromatic N) is 4. The molecular formula is C15H13N5O3. The second-order valence-electron chi connectivity index (χ2n) is 4.75. The summed E-state index contributed by atoms with van der Waals surface area (Å²) in [6, 6.07) is 7.78. The van der Waals surface area contributed by atoms with Crippen LogP contribution in [0.15, 0.2) is 42.7 Å². The Morgan fingerprint density at radius 2 is 2.13 bits per heavy atom. The van der Waals surface area contributed by atoms with E-state index >= 15 is 0 Å². The Morgan fingerprint density at radius 3 is 2.78 bits per heavy atom. The molecular weight excluding hydrogens is 298 g/mol. The van der Waals surface area contributed by atoms with Gasteiger partial charge in [-0.3, -0.25) is 4.98 Å². The summed E-state index contributed by atoms with van der Waals surface area (Å²) in [7, 11) is 0. The van der Waals surface area contributed by atoms with Gasteiger partial charge < -0.3 is 15.9 Å². The van der Waals surface area contributed by atoms with Crippen LogP contribution in [0.1, 0.15) is 16.1 Å². The van der Waals surface area contributed by atoms with E-state index in [4.69, 9.17) is 10.8 Å². The summed E-state index contributed by atoms with van der Waals surface area (Å²) in [6.07, 6.45) is 3.29.